The highest BCUT2D eigenvalue weighted by molar-refractivity contribution is 7.12. The standard InChI is InChI=1S/C21H25N3O4S.ClH/c1-3-24(17-7-4-6-16-15(17)9-10-19(25)23-16)11-12-28-21(27)14(2)22-20(26)18-8-5-13-29-18;/h4-8,13-14H,3,9-12H2,1-2H3,(H,22,26)(H,23,25);1H/t14-;/m0./s1. The molecule has 0 aliphatic carbocycles. The van der Waals surface area contributed by atoms with Crippen LogP contribution in [0.1, 0.15) is 35.5 Å². The van der Waals surface area contributed by atoms with E-state index in [1.54, 1.807) is 19.1 Å². The van der Waals surface area contributed by atoms with E-state index in [9.17, 15) is 14.4 Å². The molecular formula is C21H26ClN3O4S. The van der Waals surface area contributed by atoms with E-state index in [0.29, 0.717) is 24.3 Å². The molecule has 0 radical (unpaired) electrons. The third kappa shape index (κ3) is 5.73. The molecule has 0 fully saturated rings. The number of anilines is 2. The molecular weight excluding hydrogens is 426 g/mol. The van der Waals surface area contributed by atoms with E-state index >= 15 is 0 Å². The Bertz CT molecular complexity index is 888. The van der Waals surface area contributed by atoms with Crippen LogP contribution in [0.4, 0.5) is 11.4 Å². The number of fused-ring (bicyclic) bond motifs is 1. The van der Waals surface area contributed by atoms with Gasteiger partial charge in [-0.3, -0.25) is 9.59 Å². The lowest BCUT2D eigenvalue weighted by molar-refractivity contribution is -0.145. The zero-order valence-electron chi connectivity index (χ0n) is 17.0. The van der Waals surface area contributed by atoms with Crippen LogP contribution in [-0.4, -0.2) is 43.5 Å². The van der Waals surface area contributed by atoms with E-state index in [0.717, 1.165) is 23.5 Å². The number of hydrogen-bond acceptors (Lipinski definition) is 6. The molecule has 30 heavy (non-hydrogen) atoms. The van der Waals surface area contributed by atoms with Gasteiger partial charge in [0, 0.05) is 24.3 Å². The predicted octanol–water partition coefficient (Wildman–Crippen LogP) is 3.24. The summed E-state index contributed by atoms with van der Waals surface area (Å²) in [6.45, 7) is 5.13. The van der Waals surface area contributed by atoms with Crippen molar-refractivity contribution in [3.63, 3.8) is 0 Å². The minimum Gasteiger partial charge on any atom is -0.462 e. The van der Waals surface area contributed by atoms with Gasteiger partial charge in [-0.25, -0.2) is 4.79 Å². The fourth-order valence-electron chi connectivity index (χ4n) is 3.27. The smallest absolute Gasteiger partial charge is 0.328 e. The van der Waals surface area contributed by atoms with Crippen molar-refractivity contribution in [1.29, 1.82) is 0 Å². The number of nitrogens with zero attached hydrogens (tertiary/aromatic N) is 1. The zero-order valence-corrected chi connectivity index (χ0v) is 18.6. The van der Waals surface area contributed by atoms with Gasteiger partial charge >= 0.3 is 5.97 Å². The van der Waals surface area contributed by atoms with Crippen LogP contribution >= 0.6 is 23.7 Å². The lowest BCUT2D eigenvalue weighted by Crippen LogP contribution is -2.40. The first-order valence-corrected chi connectivity index (χ1v) is 10.5. The molecule has 7 nitrogen and oxygen atoms in total. The van der Waals surface area contributed by atoms with Gasteiger partial charge in [-0.1, -0.05) is 12.1 Å². The van der Waals surface area contributed by atoms with Crippen molar-refractivity contribution in [2.24, 2.45) is 0 Å². The minimum atomic E-state index is -0.723. The quantitative estimate of drug-likeness (QED) is 0.601. The van der Waals surface area contributed by atoms with Crippen molar-refractivity contribution in [1.82, 2.24) is 5.32 Å². The van der Waals surface area contributed by atoms with Crippen LogP contribution in [0.15, 0.2) is 35.7 Å². The summed E-state index contributed by atoms with van der Waals surface area (Å²) in [7, 11) is 0. The Morgan fingerprint density at radius 2 is 2.07 bits per heavy atom. The summed E-state index contributed by atoms with van der Waals surface area (Å²) >= 11 is 1.32. The Labute approximate surface area is 186 Å². The molecule has 1 aromatic carbocycles. The van der Waals surface area contributed by atoms with Gasteiger partial charge in [0.15, 0.2) is 0 Å². The van der Waals surface area contributed by atoms with Crippen molar-refractivity contribution < 1.29 is 19.1 Å². The molecule has 1 aliphatic rings. The number of hydrogen-bond donors (Lipinski definition) is 2. The summed E-state index contributed by atoms with van der Waals surface area (Å²) in [6, 6.07) is 8.61. The maximum atomic E-state index is 12.2. The summed E-state index contributed by atoms with van der Waals surface area (Å²) < 4.78 is 5.38. The Kier molecular flexibility index (Phi) is 8.68. The molecule has 0 spiro atoms. The SMILES string of the molecule is CCN(CCOC(=O)[C@H](C)NC(=O)c1cccs1)c1cccc2c1CCC(=O)N2.Cl. The average Bonchev–Trinajstić information content (AvgIpc) is 3.25. The predicted molar refractivity (Wildman–Crippen MR) is 121 cm³/mol. The summed E-state index contributed by atoms with van der Waals surface area (Å²) in [5, 5.41) is 7.37. The molecule has 0 saturated heterocycles. The van der Waals surface area contributed by atoms with E-state index in [1.165, 1.54) is 11.3 Å². The number of benzene rings is 1. The third-order valence-electron chi connectivity index (χ3n) is 4.80. The molecule has 2 N–H and O–H groups in total. The van der Waals surface area contributed by atoms with Gasteiger partial charge in [-0.15, -0.1) is 23.7 Å². The van der Waals surface area contributed by atoms with Gasteiger partial charge in [-0.05, 0) is 49.4 Å². The zero-order chi connectivity index (χ0) is 20.8. The number of rotatable bonds is 8. The van der Waals surface area contributed by atoms with Crippen molar-refractivity contribution in [2.75, 3.05) is 29.9 Å². The summed E-state index contributed by atoms with van der Waals surface area (Å²) in [5.41, 5.74) is 3.00. The normalized spacial score (nSPS) is 13.3. The number of likely N-dealkylation sites (N-methyl/N-ethyl adjacent to an activating group) is 1. The number of amides is 2. The molecule has 3 rings (SSSR count). The van der Waals surface area contributed by atoms with Gasteiger partial charge in [0.05, 0.1) is 11.4 Å². The first-order valence-electron chi connectivity index (χ1n) is 9.67. The molecule has 1 atom stereocenters. The van der Waals surface area contributed by atoms with E-state index in [1.807, 2.05) is 30.5 Å². The van der Waals surface area contributed by atoms with Crippen LogP contribution in [0.5, 0.6) is 0 Å². The van der Waals surface area contributed by atoms with Gasteiger partial charge in [0.1, 0.15) is 12.6 Å². The van der Waals surface area contributed by atoms with Gasteiger partial charge in [-0.2, -0.15) is 0 Å². The molecule has 162 valence electrons. The molecule has 0 saturated carbocycles. The highest BCUT2D eigenvalue weighted by atomic mass is 35.5. The molecule has 0 unspecified atom stereocenters. The number of halogens is 1. The van der Waals surface area contributed by atoms with Crippen LogP contribution in [0, 0.1) is 0 Å². The second-order valence-electron chi connectivity index (χ2n) is 6.77. The lowest BCUT2D eigenvalue weighted by Gasteiger charge is -2.29. The third-order valence-corrected chi connectivity index (χ3v) is 5.67. The average molecular weight is 452 g/mol. The maximum Gasteiger partial charge on any atom is 0.328 e. The Balaban J connectivity index is 0.00000320. The highest BCUT2D eigenvalue weighted by Crippen LogP contribution is 2.31. The number of esters is 1. The van der Waals surface area contributed by atoms with Gasteiger partial charge in [0.2, 0.25) is 5.91 Å². The summed E-state index contributed by atoms with van der Waals surface area (Å²) in [6.07, 6.45) is 1.16. The van der Waals surface area contributed by atoms with Crippen LogP contribution < -0.4 is 15.5 Å². The fraction of sp³-hybridized carbons (Fsp3) is 0.381. The topological polar surface area (TPSA) is 87.7 Å². The largest absolute Gasteiger partial charge is 0.462 e. The van der Waals surface area contributed by atoms with Crippen molar-refractivity contribution in [3.05, 3.63) is 46.2 Å². The monoisotopic (exact) mass is 451 g/mol. The molecule has 2 amide bonds. The van der Waals surface area contributed by atoms with Crippen LogP contribution in [-0.2, 0) is 20.7 Å². The molecule has 1 aromatic heterocycles. The molecule has 0 bridgehead atoms. The van der Waals surface area contributed by atoms with E-state index in [2.05, 4.69) is 15.5 Å². The first-order chi connectivity index (χ1) is 14.0. The summed E-state index contributed by atoms with van der Waals surface area (Å²) in [5.74, 6) is -0.712. The maximum absolute atomic E-state index is 12.2. The fourth-order valence-corrected chi connectivity index (χ4v) is 3.89. The van der Waals surface area contributed by atoms with Crippen molar-refractivity contribution in [2.45, 2.75) is 32.7 Å². The molecule has 2 aromatic rings. The molecule has 2 heterocycles. The van der Waals surface area contributed by atoms with Gasteiger partial charge in [0.25, 0.3) is 5.91 Å². The van der Waals surface area contributed by atoms with Crippen LogP contribution in [0.3, 0.4) is 0 Å². The summed E-state index contributed by atoms with van der Waals surface area (Å²) in [4.78, 5) is 38.6. The van der Waals surface area contributed by atoms with Crippen LogP contribution in [0.2, 0.25) is 0 Å². The van der Waals surface area contributed by atoms with Crippen molar-refractivity contribution in [3.8, 4) is 0 Å². The highest BCUT2D eigenvalue weighted by Gasteiger charge is 2.21. The second-order valence-corrected chi connectivity index (χ2v) is 7.72. The van der Waals surface area contributed by atoms with Crippen LogP contribution in [0.25, 0.3) is 0 Å². The minimum absolute atomic E-state index is 0. The Hall–Kier alpha value is -2.58. The van der Waals surface area contributed by atoms with E-state index < -0.39 is 12.0 Å². The number of thiophene rings is 1. The number of nitrogens with one attached hydrogen (secondary N) is 2. The van der Waals surface area contributed by atoms with Gasteiger partial charge < -0.3 is 20.3 Å². The number of carbonyl (C=O) groups excluding carboxylic acids is 3. The number of carbonyl (C=O) groups is 3. The van der Waals surface area contributed by atoms with E-state index in [-0.39, 0.29) is 30.8 Å². The molecule has 9 heteroatoms. The van der Waals surface area contributed by atoms with E-state index in [4.69, 9.17) is 4.74 Å². The molecule has 1 aliphatic heterocycles. The lowest BCUT2D eigenvalue weighted by atomic mass is 10.00. The first kappa shape index (κ1) is 23.7. The Morgan fingerprint density at radius 3 is 2.77 bits per heavy atom. The second kappa shape index (κ2) is 11.0. The number of ether oxygens (including phenoxy) is 1. The van der Waals surface area contributed by atoms with Crippen molar-refractivity contribution >= 4 is 52.9 Å². The Morgan fingerprint density at radius 1 is 1.27 bits per heavy atom.